The van der Waals surface area contributed by atoms with Crippen LogP contribution in [0.2, 0.25) is 10.0 Å². The van der Waals surface area contributed by atoms with E-state index < -0.39 is 5.44 Å². The normalized spacial score (nSPS) is 17.8. The summed E-state index contributed by atoms with van der Waals surface area (Å²) in [7, 11) is 2.04. The molecule has 1 atom stereocenters. The molecule has 2 aromatic heterocycles. The van der Waals surface area contributed by atoms with E-state index >= 15 is 0 Å². The third-order valence-corrected chi connectivity index (χ3v) is 7.84. The Morgan fingerprint density at radius 3 is 2.67 bits per heavy atom. The molecule has 2 aliphatic rings. The van der Waals surface area contributed by atoms with Crippen molar-refractivity contribution >= 4 is 53.3 Å². The van der Waals surface area contributed by atoms with E-state index in [0.29, 0.717) is 27.2 Å². The van der Waals surface area contributed by atoms with E-state index in [1.54, 1.807) is 6.20 Å². The third kappa shape index (κ3) is 4.06. The molecule has 0 saturated heterocycles. The molecule has 36 heavy (non-hydrogen) atoms. The van der Waals surface area contributed by atoms with Crippen LogP contribution in [0.4, 0.5) is 11.4 Å². The van der Waals surface area contributed by atoms with Gasteiger partial charge < -0.3 is 10.6 Å². The van der Waals surface area contributed by atoms with Crippen LogP contribution >= 0.6 is 23.2 Å². The Kier molecular flexibility index (Phi) is 5.40. The first-order chi connectivity index (χ1) is 17.3. The van der Waals surface area contributed by atoms with E-state index in [4.69, 9.17) is 23.2 Å². The number of nitrogens with zero attached hydrogens (tertiary/aromatic N) is 5. The summed E-state index contributed by atoms with van der Waals surface area (Å²) in [4.78, 5) is 4.49. The van der Waals surface area contributed by atoms with Gasteiger partial charge >= 0.3 is 0 Å². The topological polar surface area (TPSA) is 91.5 Å². The van der Waals surface area contributed by atoms with Gasteiger partial charge in [-0.3, -0.25) is 4.98 Å². The molecule has 2 saturated carbocycles. The highest BCUT2D eigenvalue weighted by atomic mass is 35.5. The van der Waals surface area contributed by atoms with Crippen molar-refractivity contribution in [2.75, 3.05) is 10.6 Å². The van der Waals surface area contributed by atoms with Crippen LogP contribution in [0, 0.1) is 11.3 Å². The summed E-state index contributed by atoms with van der Waals surface area (Å²) in [6.07, 6.45) is 7.90. The summed E-state index contributed by atoms with van der Waals surface area (Å²) >= 11 is 13.5. The fraction of sp³-hybridized carbons (Fsp3) is 0.308. The largest absolute Gasteiger partial charge is 0.378 e. The number of nitriles is 1. The monoisotopic (exact) mass is 515 g/mol. The summed E-state index contributed by atoms with van der Waals surface area (Å²) in [5.41, 5.74) is 3.47. The summed E-state index contributed by atoms with van der Waals surface area (Å²) in [6, 6.07) is 14.3. The molecule has 180 valence electrons. The van der Waals surface area contributed by atoms with Gasteiger partial charge in [-0.2, -0.15) is 5.26 Å². The second-order valence-corrected chi connectivity index (χ2v) is 11.1. The van der Waals surface area contributed by atoms with E-state index in [0.717, 1.165) is 53.7 Å². The Morgan fingerprint density at radius 1 is 1.19 bits per heavy atom. The van der Waals surface area contributed by atoms with E-state index in [2.05, 4.69) is 38.9 Å². The van der Waals surface area contributed by atoms with Crippen molar-refractivity contribution in [3.8, 4) is 6.07 Å². The van der Waals surface area contributed by atoms with Crippen LogP contribution in [0.15, 0.2) is 48.8 Å². The number of pyridine rings is 1. The van der Waals surface area contributed by atoms with Crippen LogP contribution < -0.4 is 10.6 Å². The molecule has 0 bridgehead atoms. The van der Waals surface area contributed by atoms with Gasteiger partial charge in [0.25, 0.3) is 0 Å². The number of anilines is 2. The van der Waals surface area contributed by atoms with E-state index in [1.807, 2.05) is 55.1 Å². The summed E-state index contributed by atoms with van der Waals surface area (Å²) < 4.78 is 1.93. The number of benzene rings is 2. The summed E-state index contributed by atoms with van der Waals surface area (Å²) in [6.45, 7) is 2.15. The molecule has 1 unspecified atom stereocenters. The van der Waals surface area contributed by atoms with E-state index in [-0.39, 0.29) is 5.54 Å². The van der Waals surface area contributed by atoms with Gasteiger partial charge in [0.1, 0.15) is 19.6 Å². The average molecular weight is 516 g/mol. The lowest BCUT2D eigenvalue weighted by Crippen LogP contribution is -2.38. The maximum atomic E-state index is 9.79. The zero-order chi connectivity index (χ0) is 25.1. The number of hydrogen-bond donors (Lipinski definition) is 2. The number of fused-ring (bicyclic) bond motifs is 1. The van der Waals surface area contributed by atoms with Crippen LogP contribution in [0.1, 0.15) is 55.5 Å². The Labute approximate surface area is 220 Å². The lowest BCUT2D eigenvalue weighted by atomic mass is 9.69. The van der Waals surface area contributed by atoms with Crippen molar-refractivity contribution in [2.24, 2.45) is 0 Å². The highest BCUT2D eigenvalue weighted by Gasteiger charge is 2.39. The molecule has 4 aromatic rings. The van der Waals surface area contributed by atoms with Crippen molar-refractivity contribution in [1.29, 1.82) is 5.26 Å². The Morgan fingerprint density at radius 2 is 1.97 bits per heavy atom. The average Bonchev–Trinajstić information content (AvgIpc) is 3.78. The molecule has 2 aromatic carbocycles. The third-order valence-electron chi connectivity index (χ3n) is 7.22. The SMILES string of the molecule is BC(Nc1cc(Cl)c2ncc(C#N)c(NC3(C)CC3)c2c1)(c1cn(C2CC2)nn1)c1ccccc1Cl. The minimum atomic E-state index is -0.793. The molecule has 6 rings (SSSR count). The minimum Gasteiger partial charge on any atom is -0.378 e. The van der Waals surface area contributed by atoms with Crippen molar-refractivity contribution in [2.45, 2.75) is 49.6 Å². The molecule has 2 N–H and O–H groups in total. The maximum Gasteiger partial charge on any atom is 0.148 e. The van der Waals surface area contributed by atoms with Crippen molar-refractivity contribution < 1.29 is 0 Å². The first-order valence-electron chi connectivity index (χ1n) is 12.1. The van der Waals surface area contributed by atoms with Crippen LogP contribution in [-0.2, 0) is 5.44 Å². The van der Waals surface area contributed by atoms with Crippen LogP contribution in [0.5, 0.6) is 0 Å². The van der Waals surface area contributed by atoms with Crippen LogP contribution in [-0.4, -0.2) is 33.4 Å². The second-order valence-electron chi connectivity index (χ2n) is 10.2. The number of hydrogen-bond acceptors (Lipinski definition) is 6. The van der Waals surface area contributed by atoms with Gasteiger partial charge in [0.15, 0.2) is 0 Å². The molecule has 10 heteroatoms. The summed E-state index contributed by atoms with van der Waals surface area (Å²) in [5, 5.41) is 27.9. The van der Waals surface area contributed by atoms with Gasteiger partial charge in [-0.25, -0.2) is 4.68 Å². The second kappa shape index (κ2) is 8.40. The van der Waals surface area contributed by atoms with Crippen molar-refractivity contribution in [3.63, 3.8) is 0 Å². The Balaban J connectivity index is 1.49. The Hall–Kier alpha value is -3.28. The smallest absolute Gasteiger partial charge is 0.148 e. The zero-order valence-electron chi connectivity index (χ0n) is 20.0. The van der Waals surface area contributed by atoms with Gasteiger partial charge in [0, 0.05) is 27.8 Å². The molecule has 7 nitrogen and oxygen atoms in total. The molecule has 0 aliphatic heterocycles. The Bertz CT molecular complexity index is 1540. The molecule has 0 amide bonds. The van der Waals surface area contributed by atoms with Crippen LogP contribution in [0.25, 0.3) is 10.9 Å². The number of nitrogens with one attached hydrogen (secondary N) is 2. The highest BCUT2D eigenvalue weighted by molar-refractivity contribution is 6.36. The maximum absolute atomic E-state index is 9.79. The van der Waals surface area contributed by atoms with Gasteiger partial charge in [0.05, 0.1) is 39.5 Å². The number of aromatic nitrogens is 4. The van der Waals surface area contributed by atoms with Gasteiger partial charge in [-0.15, -0.1) is 5.10 Å². The fourth-order valence-corrected chi connectivity index (χ4v) is 5.21. The molecular weight excluding hydrogens is 492 g/mol. The molecule has 0 radical (unpaired) electrons. The first kappa shape index (κ1) is 23.1. The fourth-order valence-electron chi connectivity index (χ4n) is 4.61. The van der Waals surface area contributed by atoms with Gasteiger partial charge in [-0.1, -0.05) is 46.6 Å². The molecule has 2 fully saturated rings. The van der Waals surface area contributed by atoms with Crippen molar-refractivity contribution in [1.82, 2.24) is 20.0 Å². The van der Waals surface area contributed by atoms with E-state index in [9.17, 15) is 5.26 Å². The lowest BCUT2D eigenvalue weighted by Gasteiger charge is -2.32. The van der Waals surface area contributed by atoms with E-state index in [1.165, 1.54) is 0 Å². The molecule has 2 aliphatic carbocycles. The zero-order valence-corrected chi connectivity index (χ0v) is 21.5. The van der Waals surface area contributed by atoms with Crippen molar-refractivity contribution in [3.05, 3.63) is 75.7 Å². The quantitative estimate of drug-likeness (QED) is 0.326. The predicted molar refractivity (Wildman–Crippen MR) is 145 cm³/mol. The van der Waals surface area contributed by atoms with Gasteiger partial charge in [0.2, 0.25) is 0 Å². The lowest BCUT2D eigenvalue weighted by molar-refractivity contribution is 0.610. The first-order valence-corrected chi connectivity index (χ1v) is 12.8. The highest BCUT2D eigenvalue weighted by Crippen LogP contribution is 2.43. The molecular formula is C26H24BCl2N7. The standard InChI is InChI=1S/C26H24BCl2N7/c1-25(8-9-25)33-23-15(12-30)13-31-24-18(23)10-16(11-21(24)29)32-26(27,19-4-2-3-5-20(19)28)22-14-36(35-34-22)17-6-7-17/h2-5,10-11,13-14,17,32H,6-9,27H2,1H3,(H,31,33). The summed E-state index contributed by atoms with van der Waals surface area (Å²) in [5.74, 6) is 0. The number of halogens is 2. The molecule has 2 heterocycles. The minimum absolute atomic E-state index is 0.0246. The molecule has 0 spiro atoms. The van der Waals surface area contributed by atoms with Crippen LogP contribution in [0.3, 0.4) is 0 Å². The van der Waals surface area contributed by atoms with Gasteiger partial charge in [-0.05, 0) is 56.4 Å². The number of rotatable bonds is 7. The predicted octanol–water partition coefficient (Wildman–Crippen LogP) is 5.25.